The van der Waals surface area contributed by atoms with E-state index in [2.05, 4.69) is 24.9 Å². The average molecular weight is 607 g/mol. The van der Waals surface area contributed by atoms with Crippen LogP contribution in [0.25, 0.3) is 32.6 Å². The van der Waals surface area contributed by atoms with Gasteiger partial charge in [-0.25, -0.2) is 41.1 Å². The van der Waals surface area contributed by atoms with Crippen molar-refractivity contribution in [1.82, 2.24) is 39.3 Å². The molecule has 216 valence electrons. The van der Waals surface area contributed by atoms with Gasteiger partial charge in [-0.1, -0.05) is 17.4 Å². The van der Waals surface area contributed by atoms with Crippen LogP contribution < -0.4 is 4.72 Å². The first-order valence-corrected chi connectivity index (χ1v) is 15.0. The van der Waals surface area contributed by atoms with Gasteiger partial charge in [0.2, 0.25) is 15.2 Å². The minimum absolute atomic E-state index is 0.0161. The molecule has 1 saturated carbocycles. The largest absolute Gasteiger partial charge is 0.331 e. The predicted octanol–water partition coefficient (Wildman–Crippen LogP) is 4.10. The molecule has 1 aliphatic heterocycles. The zero-order valence-corrected chi connectivity index (χ0v) is 23.9. The minimum Gasteiger partial charge on any atom is -0.331 e. The van der Waals surface area contributed by atoms with Crippen molar-refractivity contribution in [3.05, 3.63) is 41.1 Å². The number of halogens is 3. The summed E-state index contributed by atoms with van der Waals surface area (Å²) in [6, 6.07) is 2.13. The number of benzene rings is 1. The molecule has 0 saturated heterocycles. The second-order valence-corrected chi connectivity index (χ2v) is 13.2. The molecule has 0 atom stereocenters. The van der Waals surface area contributed by atoms with Crippen molar-refractivity contribution in [2.45, 2.75) is 43.0 Å². The number of sulfonamides is 1. The molecule has 1 fully saturated rings. The number of amides is 2. The summed E-state index contributed by atoms with van der Waals surface area (Å²) in [6.07, 6.45) is 1.99. The normalized spacial score (nSPS) is 17.0. The number of carbonyl (C=O) groups excluding carboxylic acids is 1. The standard InChI is InChI=1S/C25H25F3N8O3S2/c1-25(6-7-25)33-41(38,39)17-11-16-14(10-15(17)26)18-19(13-4-8-35(9-5-13)24(37)34(2)3)29-12-30-21(18)36(16)23-32-31-22(40-23)20(27)28/h4,10-12,20,33H,5-9H2,1-3H3. The summed E-state index contributed by atoms with van der Waals surface area (Å²) in [5.41, 5.74) is 1.03. The van der Waals surface area contributed by atoms with Crippen LogP contribution in [0.15, 0.2) is 29.4 Å². The predicted molar refractivity (Wildman–Crippen MR) is 146 cm³/mol. The molecule has 0 unspecified atom stereocenters. The zero-order chi connectivity index (χ0) is 29.3. The molecular formula is C25H25F3N8O3S2. The van der Waals surface area contributed by atoms with Gasteiger partial charge in [-0.3, -0.25) is 4.57 Å². The molecule has 0 radical (unpaired) electrons. The van der Waals surface area contributed by atoms with Gasteiger partial charge in [-0.2, -0.15) is 0 Å². The third-order valence-corrected chi connectivity index (χ3v) is 9.81. The topological polar surface area (TPSA) is 126 Å². The highest BCUT2D eigenvalue weighted by Gasteiger charge is 2.42. The number of nitrogens with zero attached hydrogens (tertiary/aromatic N) is 7. The minimum atomic E-state index is -4.25. The summed E-state index contributed by atoms with van der Waals surface area (Å²) in [5, 5.41) is 7.68. The molecule has 1 aromatic carbocycles. The van der Waals surface area contributed by atoms with Crippen molar-refractivity contribution in [2.75, 3.05) is 27.2 Å². The Balaban J connectivity index is 1.57. The van der Waals surface area contributed by atoms with E-state index >= 15 is 4.39 Å². The highest BCUT2D eigenvalue weighted by Crippen LogP contribution is 2.40. The van der Waals surface area contributed by atoms with Crippen molar-refractivity contribution in [1.29, 1.82) is 0 Å². The van der Waals surface area contributed by atoms with Crippen LogP contribution in [0.2, 0.25) is 0 Å². The number of alkyl halides is 2. The Morgan fingerprint density at radius 2 is 1.95 bits per heavy atom. The molecule has 4 heterocycles. The third kappa shape index (κ3) is 4.82. The van der Waals surface area contributed by atoms with E-state index in [1.807, 2.05) is 6.08 Å². The Kier molecular flexibility index (Phi) is 6.54. The molecule has 6 rings (SSSR count). The number of fused-ring (bicyclic) bond motifs is 3. The summed E-state index contributed by atoms with van der Waals surface area (Å²) < 4.78 is 72.8. The molecule has 2 amide bonds. The lowest BCUT2D eigenvalue weighted by atomic mass is 10.0. The molecule has 16 heteroatoms. The van der Waals surface area contributed by atoms with Gasteiger partial charge < -0.3 is 9.80 Å². The second-order valence-electron chi connectivity index (χ2n) is 10.5. The first-order valence-electron chi connectivity index (χ1n) is 12.7. The number of rotatable bonds is 6. The number of carbonyl (C=O) groups is 1. The van der Waals surface area contributed by atoms with Gasteiger partial charge in [0.15, 0.2) is 10.7 Å². The maximum absolute atomic E-state index is 15.6. The molecule has 1 N–H and O–H groups in total. The Bertz CT molecular complexity index is 1850. The van der Waals surface area contributed by atoms with Crippen molar-refractivity contribution < 1.29 is 26.4 Å². The quantitative estimate of drug-likeness (QED) is 0.350. The first kappa shape index (κ1) is 27.5. The lowest BCUT2D eigenvalue weighted by molar-refractivity contribution is 0.150. The van der Waals surface area contributed by atoms with Gasteiger partial charge in [-0.05, 0) is 43.9 Å². The Hall–Kier alpha value is -3.63. The molecule has 3 aromatic heterocycles. The van der Waals surface area contributed by atoms with E-state index in [0.29, 0.717) is 54.8 Å². The third-order valence-electron chi connectivity index (χ3n) is 7.24. The van der Waals surface area contributed by atoms with E-state index in [0.717, 1.165) is 11.6 Å². The maximum Gasteiger partial charge on any atom is 0.319 e. The number of hydrogen-bond acceptors (Lipinski definition) is 8. The molecule has 0 bridgehead atoms. The SMILES string of the molecule is CN(C)C(=O)N1CC=C(c2ncnc3c2c2cc(F)c(S(=O)(=O)NC4(C)CC4)cc2n3-c2nnc(C(F)F)s2)CC1. The van der Waals surface area contributed by atoms with Crippen LogP contribution in [-0.4, -0.2) is 81.7 Å². The van der Waals surface area contributed by atoms with Crippen LogP contribution in [0.5, 0.6) is 0 Å². The van der Waals surface area contributed by atoms with Gasteiger partial charge in [-0.15, -0.1) is 10.2 Å². The molecule has 0 spiro atoms. The zero-order valence-electron chi connectivity index (χ0n) is 22.2. The lowest BCUT2D eigenvalue weighted by Crippen LogP contribution is -2.41. The van der Waals surface area contributed by atoms with Gasteiger partial charge in [0.05, 0.1) is 16.6 Å². The number of hydrogen-bond donors (Lipinski definition) is 1. The van der Waals surface area contributed by atoms with E-state index in [4.69, 9.17) is 0 Å². The number of aromatic nitrogens is 5. The fourth-order valence-corrected chi connectivity index (χ4v) is 7.15. The van der Waals surface area contributed by atoms with Crippen molar-refractivity contribution in [2.24, 2.45) is 0 Å². The summed E-state index contributed by atoms with van der Waals surface area (Å²) >= 11 is 0.622. The molecule has 4 aromatic rings. The highest BCUT2D eigenvalue weighted by atomic mass is 32.2. The van der Waals surface area contributed by atoms with Crippen LogP contribution in [0.4, 0.5) is 18.0 Å². The summed E-state index contributed by atoms with van der Waals surface area (Å²) in [6.45, 7) is 2.48. The van der Waals surface area contributed by atoms with Gasteiger partial charge in [0, 0.05) is 38.1 Å². The van der Waals surface area contributed by atoms with Crippen molar-refractivity contribution >= 4 is 54.9 Å². The summed E-state index contributed by atoms with van der Waals surface area (Å²) in [4.78, 5) is 23.8. The fourth-order valence-electron chi connectivity index (χ4n) is 4.89. The van der Waals surface area contributed by atoms with E-state index < -0.39 is 37.7 Å². The Labute approximate surface area is 236 Å². The van der Waals surface area contributed by atoms with Crippen LogP contribution >= 0.6 is 11.3 Å². The van der Waals surface area contributed by atoms with Crippen LogP contribution in [0, 0.1) is 5.82 Å². The average Bonchev–Trinajstić information content (AvgIpc) is 3.32. The number of nitrogens with one attached hydrogen (secondary N) is 1. The van der Waals surface area contributed by atoms with E-state index in [-0.39, 0.29) is 27.7 Å². The van der Waals surface area contributed by atoms with Crippen LogP contribution in [-0.2, 0) is 10.0 Å². The molecule has 11 nitrogen and oxygen atoms in total. The van der Waals surface area contributed by atoms with Crippen LogP contribution in [0.1, 0.15) is 43.3 Å². The van der Waals surface area contributed by atoms with E-state index in [1.165, 1.54) is 21.9 Å². The fraction of sp³-hybridized carbons (Fsp3) is 0.400. The van der Waals surface area contributed by atoms with Gasteiger partial charge in [0.1, 0.15) is 17.0 Å². The monoisotopic (exact) mass is 606 g/mol. The summed E-state index contributed by atoms with van der Waals surface area (Å²) in [7, 11) is -0.919. The van der Waals surface area contributed by atoms with Crippen molar-refractivity contribution in [3.8, 4) is 5.13 Å². The number of urea groups is 1. The smallest absolute Gasteiger partial charge is 0.319 e. The lowest BCUT2D eigenvalue weighted by Gasteiger charge is -2.29. The van der Waals surface area contributed by atoms with Gasteiger partial charge in [0.25, 0.3) is 6.43 Å². The van der Waals surface area contributed by atoms with Crippen molar-refractivity contribution in [3.63, 3.8) is 0 Å². The summed E-state index contributed by atoms with van der Waals surface area (Å²) in [5.74, 6) is -0.978. The molecule has 1 aliphatic carbocycles. The Morgan fingerprint density at radius 1 is 1.20 bits per heavy atom. The first-order chi connectivity index (χ1) is 19.4. The second kappa shape index (κ2) is 9.73. The molecule has 2 aliphatic rings. The van der Waals surface area contributed by atoms with E-state index in [1.54, 1.807) is 25.9 Å². The Morgan fingerprint density at radius 3 is 2.56 bits per heavy atom. The van der Waals surface area contributed by atoms with Crippen LogP contribution in [0.3, 0.4) is 0 Å². The van der Waals surface area contributed by atoms with E-state index in [9.17, 15) is 22.0 Å². The maximum atomic E-state index is 15.6. The highest BCUT2D eigenvalue weighted by molar-refractivity contribution is 7.89. The van der Waals surface area contributed by atoms with Gasteiger partial charge >= 0.3 is 6.03 Å². The molecule has 41 heavy (non-hydrogen) atoms. The molecular weight excluding hydrogens is 581 g/mol.